The van der Waals surface area contributed by atoms with Crippen LogP contribution in [0.1, 0.15) is 34.6 Å². The number of hydrogen-bond acceptors (Lipinski definition) is 7. The maximum Gasteiger partial charge on any atom is 0.257 e. The van der Waals surface area contributed by atoms with Gasteiger partial charge in [0.1, 0.15) is 5.75 Å². The second-order valence-corrected chi connectivity index (χ2v) is 8.06. The number of carbonyl (C=O) groups excluding carboxylic acids is 2. The summed E-state index contributed by atoms with van der Waals surface area (Å²) in [6, 6.07) is 11.6. The molecule has 0 atom stereocenters. The van der Waals surface area contributed by atoms with Crippen LogP contribution in [0.2, 0.25) is 0 Å². The van der Waals surface area contributed by atoms with Crippen molar-refractivity contribution in [2.24, 2.45) is 7.05 Å². The highest BCUT2D eigenvalue weighted by Gasteiger charge is 2.19. The van der Waals surface area contributed by atoms with Gasteiger partial charge in [-0.2, -0.15) is 10.1 Å². The lowest BCUT2D eigenvalue weighted by Crippen LogP contribution is -2.40. The van der Waals surface area contributed by atoms with E-state index >= 15 is 0 Å². The molecule has 3 heterocycles. The first kappa shape index (κ1) is 23.2. The van der Waals surface area contributed by atoms with Gasteiger partial charge in [-0.25, -0.2) is 0 Å². The van der Waals surface area contributed by atoms with Gasteiger partial charge in [0, 0.05) is 50.1 Å². The average molecular weight is 466 g/mol. The van der Waals surface area contributed by atoms with Crippen molar-refractivity contribution in [3.05, 3.63) is 59.8 Å². The molecule has 10 heteroatoms. The molecular weight excluding hydrogens is 438 g/mol. The molecule has 1 saturated heterocycles. The van der Waals surface area contributed by atoms with Gasteiger partial charge in [-0.3, -0.25) is 14.3 Å². The number of benzene rings is 1. The Balaban J connectivity index is 1.51. The molecule has 0 aliphatic carbocycles. The van der Waals surface area contributed by atoms with Crippen molar-refractivity contribution in [3.63, 3.8) is 0 Å². The lowest BCUT2D eigenvalue weighted by molar-refractivity contribution is 0.0303. The molecule has 1 N–H and O–H groups in total. The second-order valence-electron chi connectivity index (χ2n) is 8.06. The minimum Gasteiger partial charge on any atom is -0.475 e. The Bertz CT molecular complexity index is 1150. The molecule has 0 spiro atoms. The van der Waals surface area contributed by atoms with E-state index < -0.39 is 0 Å². The van der Waals surface area contributed by atoms with Gasteiger partial charge in [0.25, 0.3) is 11.8 Å². The second kappa shape index (κ2) is 10.3. The highest BCUT2D eigenvalue weighted by atomic mass is 16.5. The molecule has 1 aromatic carbocycles. The third-order valence-corrected chi connectivity index (χ3v) is 4.97. The lowest BCUT2D eigenvalue weighted by atomic mass is 10.2. The Morgan fingerprint density at radius 1 is 1.03 bits per heavy atom. The minimum absolute atomic E-state index is 0.0474. The number of aromatic nitrogens is 3. The van der Waals surface area contributed by atoms with Gasteiger partial charge >= 0.3 is 0 Å². The smallest absolute Gasteiger partial charge is 0.257 e. The minimum atomic E-state index is -0.369. The van der Waals surface area contributed by atoms with Gasteiger partial charge in [-0.1, -0.05) is 0 Å². The van der Waals surface area contributed by atoms with Crippen molar-refractivity contribution in [2.75, 3.05) is 31.6 Å². The first-order chi connectivity index (χ1) is 16.4. The molecule has 1 fully saturated rings. The fourth-order valence-electron chi connectivity index (χ4n) is 3.37. The van der Waals surface area contributed by atoms with Crippen LogP contribution in [-0.4, -0.2) is 63.9 Å². The fourth-order valence-corrected chi connectivity index (χ4v) is 3.37. The Hall–Kier alpha value is -3.92. The maximum atomic E-state index is 12.8. The standard InChI is InChI=1S/C24H27N5O5/c1-16(2)33-21-14-18(23(30)25-20-8-9-28(3)27-20)15-22(26-21)34-19-6-4-17(5-7-19)24(31)29-10-12-32-13-11-29/h4-9,14-16H,10-13H2,1-3H3,(H,25,27,30). The van der Waals surface area contributed by atoms with Gasteiger partial charge in [0.05, 0.1) is 24.9 Å². The number of anilines is 1. The third kappa shape index (κ3) is 5.90. The van der Waals surface area contributed by atoms with Gasteiger partial charge in [0.15, 0.2) is 5.82 Å². The maximum absolute atomic E-state index is 12.8. The number of amides is 2. The van der Waals surface area contributed by atoms with Crippen molar-refractivity contribution in [1.29, 1.82) is 0 Å². The lowest BCUT2D eigenvalue weighted by Gasteiger charge is -2.26. The summed E-state index contributed by atoms with van der Waals surface area (Å²) in [6.07, 6.45) is 1.59. The highest BCUT2D eigenvalue weighted by Crippen LogP contribution is 2.25. The van der Waals surface area contributed by atoms with Crippen molar-refractivity contribution >= 4 is 17.6 Å². The van der Waals surface area contributed by atoms with Gasteiger partial charge < -0.3 is 24.4 Å². The van der Waals surface area contributed by atoms with Gasteiger partial charge in [0.2, 0.25) is 11.8 Å². The van der Waals surface area contributed by atoms with E-state index in [1.165, 1.54) is 6.07 Å². The predicted octanol–water partition coefficient (Wildman–Crippen LogP) is 3.12. The predicted molar refractivity (Wildman–Crippen MR) is 124 cm³/mol. The number of aryl methyl sites for hydroxylation is 1. The fraction of sp³-hybridized carbons (Fsp3) is 0.333. The quantitative estimate of drug-likeness (QED) is 0.571. The van der Waals surface area contributed by atoms with Crippen LogP contribution in [0.3, 0.4) is 0 Å². The molecule has 34 heavy (non-hydrogen) atoms. The summed E-state index contributed by atoms with van der Waals surface area (Å²) in [7, 11) is 1.77. The molecule has 1 aliphatic heterocycles. The van der Waals surface area contributed by atoms with E-state index in [1.54, 1.807) is 59.2 Å². The molecule has 1 aliphatic rings. The Morgan fingerprint density at radius 2 is 1.74 bits per heavy atom. The van der Waals surface area contributed by atoms with E-state index in [-0.39, 0.29) is 29.7 Å². The van der Waals surface area contributed by atoms with Crippen molar-refractivity contribution in [1.82, 2.24) is 19.7 Å². The summed E-state index contributed by atoms with van der Waals surface area (Å²) in [5, 5.41) is 6.90. The number of carbonyl (C=O) groups is 2. The number of ether oxygens (including phenoxy) is 3. The summed E-state index contributed by atoms with van der Waals surface area (Å²) >= 11 is 0. The van der Waals surface area contributed by atoms with Gasteiger partial charge in [-0.05, 0) is 38.1 Å². The molecule has 10 nitrogen and oxygen atoms in total. The highest BCUT2D eigenvalue weighted by molar-refractivity contribution is 6.04. The van der Waals surface area contributed by atoms with Crippen LogP contribution < -0.4 is 14.8 Å². The zero-order valence-corrected chi connectivity index (χ0v) is 19.4. The SMILES string of the molecule is CC(C)Oc1cc(C(=O)Nc2ccn(C)n2)cc(Oc2ccc(C(=O)N3CCOCC3)cc2)n1. The summed E-state index contributed by atoms with van der Waals surface area (Å²) in [6.45, 7) is 5.98. The Kier molecular flexibility index (Phi) is 7.07. The van der Waals surface area contributed by atoms with Crippen LogP contribution >= 0.6 is 0 Å². The van der Waals surface area contributed by atoms with E-state index in [0.29, 0.717) is 49.0 Å². The monoisotopic (exact) mass is 465 g/mol. The molecule has 4 rings (SSSR count). The molecular formula is C24H27N5O5. The summed E-state index contributed by atoms with van der Waals surface area (Å²) in [5.74, 6) is 0.941. The zero-order valence-electron chi connectivity index (χ0n) is 19.4. The number of hydrogen-bond donors (Lipinski definition) is 1. The van der Waals surface area contributed by atoms with E-state index in [4.69, 9.17) is 14.2 Å². The van der Waals surface area contributed by atoms with Crippen molar-refractivity contribution in [2.45, 2.75) is 20.0 Å². The number of nitrogens with one attached hydrogen (secondary N) is 1. The first-order valence-electron chi connectivity index (χ1n) is 11.0. The largest absolute Gasteiger partial charge is 0.475 e. The molecule has 0 unspecified atom stereocenters. The number of rotatable bonds is 7. The molecule has 0 radical (unpaired) electrons. The van der Waals surface area contributed by atoms with E-state index in [0.717, 1.165) is 0 Å². The van der Waals surface area contributed by atoms with E-state index in [2.05, 4.69) is 15.4 Å². The van der Waals surface area contributed by atoms with Crippen LogP contribution in [0.4, 0.5) is 5.82 Å². The molecule has 2 amide bonds. The van der Waals surface area contributed by atoms with Crippen molar-refractivity contribution in [3.8, 4) is 17.5 Å². The van der Waals surface area contributed by atoms with Crippen molar-refractivity contribution < 1.29 is 23.8 Å². The molecule has 3 aromatic rings. The Morgan fingerprint density at radius 3 is 2.38 bits per heavy atom. The van der Waals surface area contributed by atoms with Crippen LogP contribution in [-0.2, 0) is 11.8 Å². The molecule has 2 aromatic heterocycles. The number of pyridine rings is 1. The van der Waals surface area contributed by atoms with E-state index in [1.807, 2.05) is 13.8 Å². The zero-order chi connectivity index (χ0) is 24.1. The van der Waals surface area contributed by atoms with Crippen LogP contribution in [0, 0.1) is 0 Å². The van der Waals surface area contributed by atoms with Gasteiger partial charge in [-0.15, -0.1) is 0 Å². The first-order valence-corrected chi connectivity index (χ1v) is 11.0. The van der Waals surface area contributed by atoms with Crippen LogP contribution in [0.25, 0.3) is 0 Å². The van der Waals surface area contributed by atoms with Crippen LogP contribution in [0.5, 0.6) is 17.5 Å². The summed E-state index contributed by atoms with van der Waals surface area (Å²) in [4.78, 5) is 31.5. The normalized spacial score (nSPS) is 13.6. The summed E-state index contributed by atoms with van der Waals surface area (Å²) < 4.78 is 18.5. The average Bonchev–Trinajstić information content (AvgIpc) is 3.23. The van der Waals surface area contributed by atoms with E-state index in [9.17, 15) is 9.59 Å². The third-order valence-electron chi connectivity index (χ3n) is 4.97. The topological polar surface area (TPSA) is 108 Å². The number of nitrogens with zero attached hydrogens (tertiary/aromatic N) is 4. The van der Waals surface area contributed by atoms with Crippen LogP contribution in [0.15, 0.2) is 48.7 Å². The molecule has 0 bridgehead atoms. The number of morpholine rings is 1. The molecule has 0 saturated carbocycles. The molecule has 178 valence electrons. The summed E-state index contributed by atoms with van der Waals surface area (Å²) in [5.41, 5.74) is 0.875. The Labute approximate surface area is 197 Å².